The molecule has 0 saturated carbocycles. The minimum Gasteiger partial charge on any atom is -0.466 e. The Balaban J connectivity index is 4.63. The molecule has 0 aliphatic heterocycles. The molecule has 0 amide bonds. The molecule has 0 bridgehead atoms. The summed E-state index contributed by atoms with van der Waals surface area (Å²) in [4.78, 5) is 0. The maximum absolute atomic E-state index is 5.98. The minimum absolute atomic E-state index is 0.462. The summed E-state index contributed by atoms with van der Waals surface area (Å²) in [7, 11) is 0. The van der Waals surface area contributed by atoms with Crippen molar-refractivity contribution in [1.82, 2.24) is 0 Å². The van der Waals surface area contributed by atoms with Crippen LogP contribution in [0.4, 0.5) is 0 Å². The highest BCUT2D eigenvalue weighted by atomic mass is 16.5. The lowest BCUT2D eigenvalue weighted by atomic mass is 10.1. The first-order valence-electron chi connectivity index (χ1n) is 6.10. The van der Waals surface area contributed by atoms with E-state index < -0.39 is 0 Å². The molecule has 0 unspecified atom stereocenters. The number of ether oxygens (including phenoxy) is 1. The summed E-state index contributed by atoms with van der Waals surface area (Å²) in [6.07, 6.45) is 6.42. The van der Waals surface area contributed by atoms with E-state index in [1.165, 1.54) is 0 Å². The van der Waals surface area contributed by atoms with Crippen molar-refractivity contribution in [2.75, 3.05) is 0 Å². The molecule has 1 heteroatoms. The van der Waals surface area contributed by atoms with E-state index in [1.807, 2.05) is 0 Å². The Morgan fingerprint density at radius 3 is 1.40 bits per heavy atom. The van der Waals surface area contributed by atoms with Gasteiger partial charge in [-0.2, -0.15) is 0 Å². The SMILES string of the molecule is CC/C=C(/O/C(=C/CC)C(C)C)C(C)C. The summed E-state index contributed by atoms with van der Waals surface area (Å²) in [6, 6.07) is 0. The van der Waals surface area contributed by atoms with Crippen molar-refractivity contribution in [1.29, 1.82) is 0 Å². The predicted molar refractivity (Wildman–Crippen MR) is 67.5 cm³/mol. The van der Waals surface area contributed by atoms with Crippen LogP contribution in [0.5, 0.6) is 0 Å². The minimum atomic E-state index is 0.462. The Hall–Kier alpha value is -0.720. The highest BCUT2D eigenvalue weighted by Crippen LogP contribution is 2.21. The van der Waals surface area contributed by atoms with Gasteiger partial charge in [0.1, 0.15) is 11.5 Å². The number of allylic oxidation sites excluding steroid dienone is 4. The van der Waals surface area contributed by atoms with Crippen LogP contribution < -0.4 is 0 Å². The monoisotopic (exact) mass is 210 g/mol. The number of hydrogen-bond acceptors (Lipinski definition) is 1. The molecule has 0 saturated heterocycles. The summed E-state index contributed by atoms with van der Waals surface area (Å²) < 4.78 is 5.98. The van der Waals surface area contributed by atoms with Gasteiger partial charge < -0.3 is 4.74 Å². The lowest BCUT2D eigenvalue weighted by Gasteiger charge is -2.18. The van der Waals surface area contributed by atoms with Crippen LogP contribution in [0.15, 0.2) is 23.7 Å². The van der Waals surface area contributed by atoms with Crippen LogP contribution in [0.25, 0.3) is 0 Å². The molecule has 0 aromatic carbocycles. The van der Waals surface area contributed by atoms with Crippen LogP contribution >= 0.6 is 0 Å². The molecule has 0 rings (SSSR count). The molecule has 0 fully saturated rings. The predicted octanol–water partition coefficient (Wildman–Crippen LogP) is 4.90. The molecule has 0 aliphatic carbocycles. The fraction of sp³-hybridized carbons (Fsp3) is 0.714. The first kappa shape index (κ1) is 14.3. The van der Waals surface area contributed by atoms with Gasteiger partial charge in [0.05, 0.1) is 0 Å². The molecule has 88 valence electrons. The molecule has 0 aliphatic rings. The van der Waals surface area contributed by atoms with Crippen molar-refractivity contribution in [2.24, 2.45) is 11.8 Å². The molecule has 0 heterocycles. The fourth-order valence-electron chi connectivity index (χ4n) is 1.33. The summed E-state index contributed by atoms with van der Waals surface area (Å²) in [6.45, 7) is 13.0. The third-order valence-electron chi connectivity index (χ3n) is 2.18. The van der Waals surface area contributed by atoms with Crippen LogP contribution in [-0.2, 0) is 4.74 Å². The quantitative estimate of drug-likeness (QED) is 0.566. The molecule has 0 spiro atoms. The van der Waals surface area contributed by atoms with Crippen LogP contribution in [0.3, 0.4) is 0 Å². The Morgan fingerprint density at radius 2 is 1.20 bits per heavy atom. The van der Waals surface area contributed by atoms with E-state index in [1.54, 1.807) is 0 Å². The van der Waals surface area contributed by atoms with Crippen molar-refractivity contribution in [3.8, 4) is 0 Å². The van der Waals surface area contributed by atoms with E-state index in [4.69, 9.17) is 4.74 Å². The van der Waals surface area contributed by atoms with Gasteiger partial charge in [-0.15, -0.1) is 0 Å². The third-order valence-corrected chi connectivity index (χ3v) is 2.18. The second kappa shape index (κ2) is 7.56. The van der Waals surface area contributed by atoms with Gasteiger partial charge in [-0.1, -0.05) is 41.5 Å². The van der Waals surface area contributed by atoms with E-state index in [2.05, 4.69) is 53.7 Å². The average Bonchev–Trinajstić information content (AvgIpc) is 2.15. The van der Waals surface area contributed by atoms with E-state index in [0.717, 1.165) is 24.4 Å². The second-order valence-electron chi connectivity index (χ2n) is 4.44. The van der Waals surface area contributed by atoms with Gasteiger partial charge in [-0.05, 0) is 25.0 Å². The third kappa shape index (κ3) is 5.66. The highest BCUT2D eigenvalue weighted by molar-refractivity contribution is 5.05. The molecule has 0 N–H and O–H groups in total. The number of hydrogen-bond donors (Lipinski definition) is 0. The maximum Gasteiger partial charge on any atom is 0.102 e. The molecule has 1 nitrogen and oxygen atoms in total. The normalized spacial score (nSPS) is 13.9. The Labute approximate surface area is 95.2 Å². The molecule has 0 radical (unpaired) electrons. The first-order chi connectivity index (χ1) is 7.02. The zero-order chi connectivity index (χ0) is 11.8. The summed E-state index contributed by atoms with van der Waals surface area (Å²) in [5.41, 5.74) is 0. The van der Waals surface area contributed by atoms with Crippen molar-refractivity contribution < 1.29 is 4.74 Å². The van der Waals surface area contributed by atoms with Crippen molar-refractivity contribution in [3.05, 3.63) is 23.7 Å². The fourth-order valence-corrected chi connectivity index (χ4v) is 1.33. The van der Waals surface area contributed by atoms with Gasteiger partial charge in [0.25, 0.3) is 0 Å². The van der Waals surface area contributed by atoms with Crippen LogP contribution in [0.2, 0.25) is 0 Å². The van der Waals surface area contributed by atoms with E-state index in [0.29, 0.717) is 11.8 Å². The Bertz CT molecular complexity index is 197. The first-order valence-corrected chi connectivity index (χ1v) is 6.10. The van der Waals surface area contributed by atoms with Crippen molar-refractivity contribution >= 4 is 0 Å². The molecule has 0 atom stereocenters. The Morgan fingerprint density at radius 1 is 0.867 bits per heavy atom. The van der Waals surface area contributed by atoms with E-state index >= 15 is 0 Å². The molecule has 0 aromatic rings. The van der Waals surface area contributed by atoms with Crippen molar-refractivity contribution in [3.63, 3.8) is 0 Å². The van der Waals surface area contributed by atoms with Gasteiger partial charge in [0.15, 0.2) is 0 Å². The lowest BCUT2D eigenvalue weighted by molar-refractivity contribution is 0.232. The smallest absolute Gasteiger partial charge is 0.102 e. The summed E-state index contributed by atoms with van der Waals surface area (Å²) >= 11 is 0. The lowest BCUT2D eigenvalue weighted by Crippen LogP contribution is -2.05. The topological polar surface area (TPSA) is 9.23 Å². The largest absolute Gasteiger partial charge is 0.466 e. The number of rotatable bonds is 6. The van der Waals surface area contributed by atoms with Crippen LogP contribution in [0.1, 0.15) is 54.4 Å². The molecular weight excluding hydrogens is 184 g/mol. The van der Waals surface area contributed by atoms with Crippen molar-refractivity contribution in [2.45, 2.75) is 54.4 Å². The van der Waals surface area contributed by atoms with Gasteiger partial charge in [-0.25, -0.2) is 0 Å². The maximum atomic E-state index is 5.98. The second-order valence-corrected chi connectivity index (χ2v) is 4.44. The van der Waals surface area contributed by atoms with Gasteiger partial charge in [0, 0.05) is 11.8 Å². The highest BCUT2D eigenvalue weighted by Gasteiger charge is 2.10. The van der Waals surface area contributed by atoms with E-state index in [-0.39, 0.29) is 0 Å². The average molecular weight is 210 g/mol. The molecule has 15 heavy (non-hydrogen) atoms. The van der Waals surface area contributed by atoms with E-state index in [9.17, 15) is 0 Å². The van der Waals surface area contributed by atoms with Gasteiger partial charge >= 0.3 is 0 Å². The molecular formula is C14H26O. The zero-order valence-corrected chi connectivity index (χ0v) is 11.1. The van der Waals surface area contributed by atoms with Crippen LogP contribution in [-0.4, -0.2) is 0 Å². The zero-order valence-electron chi connectivity index (χ0n) is 11.1. The van der Waals surface area contributed by atoms with Gasteiger partial charge in [0.2, 0.25) is 0 Å². The summed E-state index contributed by atoms with van der Waals surface area (Å²) in [5.74, 6) is 3.13. The summed E-state index contributed by atoms with van der Waals surface area (Å²) in [5, 5.41) is 0. The Kier molecular flexibility index (Phi) is 7.19. The van der Waals surface area contributed by atoms with Crippen LogP contribution in [0, 0.1) is 11.8 Å². The standard InChI is InChI=1S/C14H26O/c1-7-9-13(11(3)4)15-14(10-8-2)12(5)6/h9-12H,7-8H2,1-6H3/b13-9+,14-10+. The van der Waals surface area contributed by atoms with Gasteiger partial charge in [-0.3, -0.25) is 0 Å². The molecule has 0 aromatic heterocycles.